The molecule has 0 N–H and O–H groups in total. The highest BCUT2D eigenvalue weighted by Gasteiger charge is 2.24. The Morgan fingerprint density at radius 3 is 2.60 bits per heavy atom. The van der Waals surface area contributed by atoms with Crippen molar-refractivity contribution in [3.05, 3.63) is 0 Å². The summed E-state index contributed by atoms with van der Waals surface area (Å²) in [4.78, 5) is 0. The van der Waals surface area contributed by atoms with Crippen LogP contribution in [-0.4, -0.2) is 58.1 Å². The van der Waals surface area contributed by atoms with Gasteiger partial charge in [-0.25, -0.2) is 0 Å². The minimum atomic E-state index is -0.211. The summed E-state index contributed by atoms with van der Waals surface area (Å²) in [6.45, 7) is 5.94. The zero-order chi connectivity index (χ0) is 10.5. The number of hydrogen-bond donors (Lipinski definition) is 0. The largest absolute Gasteiger partial charge is 0.376 e. The molecule has 0 aliphatic carbocycles. The van der Waals surface area contributed by atoms with Crippen LogP contribution in [0.5, 0.6) is 0 Å². The molecule has 15 heavy (non-hydrogen) atoms. The van der Waals surface area contributed by atoms with Crippen molar-refractivity contribution in [2.45, 2.75) is 25.4 Å². The molecule has 2 rings (SSSR count). The van der Waals surface area contributed by atoms with Gasteiger partial charge in [-0.3, -0.25) is 0 Å². The van der Waals surface area contributed by atoms with Gasteiger partial charge in [0.1, 0.15) is 12.2 Å². The lowest BCUT2D eigenvalue weighted by atomic mass is 10.4. The Hall–Kier alpha value is -0.200. The van der Waals surface area contributed by atoms with E-state index < -0.39 is 0 Å². The van der Waals surface area contributed by atoms with Crippen molar-refractivity contribution >= 4 is 0 Å². The fourth-order valence-electron chi connectivity index (χ4n) is 1.40. The number of hydrogen-bond acceptors (Lipinski definition) is 5. The van der Waals surface area contributed by atoms with Crippen LogP contribution >= 0.6 is 0 Å². The molecular weight excluding hydrogens is 200 g/mol. The van der Waals surface area contributed by atoms with Gasteiger partial charge < -0.3 is 23.7 Å². The van der Waals surface area contributed by atoms with Crippen LogP contribution in [0.4, 0.5) is 0 Å². The third-order valence-corrected chi connectivity index (χ3v) is 2.35. The van der Waals surface area contributed by atoms with Crippen LogP contribution in [0.15, 0.2) is 0 Å². The van der Waals surface area contributed by atoms with E-state index >= 15 is 0 Å². The molecule has 2 aliphatic rings. The van der Waals surface area contributed by atoms with Crippen molar-refractivity contribution in [2.24, 2.45) is 0 Å². The molecule has 5 nitrogen and oxygen atoms in total. The van der Waals surface area contributed by atoms with Gasteiger partial charge in [0.15, 0.2) is 6.29 Å². The normalized spacial score (nSPS) is 28.2. The Bertz CT molecular complexity index is 177. The summed E-state index contributed by atoms with van der Waals surface area (Å²) in [7, 11) is 0. The van der Waals surface area contributed by atoms with Crippen LogP contribution in [0.3, 0.4) is 0 Å². The average molecular weight is 218 g/mol. The summed E-state index contributed by atoms with van der Waals surface area (Å²) in [6, 6.07) is 0. The van der Waals surface area contributed by atoms with E-state index in [1.54, 1.807) is 0 Å². The molecule has 2 aliphatic heterocycles. The standard InChI is InChI=1S/C10H18O5/c1-8(10-13-4-5-14-10)12-3-2-11-6-9-7-15-9/h8-10H,2-7H2,1H3. The lowest BCUT2D eigenvalue weighted by Crippen LogP contribution is -2.28. The van der Waals surface area contributed by atoms with Crippen LogP contribution in [0, 0.1) is 0 Å². The number of epoxide rings is 1. The summed E-state index contributed by atoms with van der Waals surface area (Å²) in [5, 5.41) is 0. The highest BCUT2D eigenvalue weighted by Crippen LogP contribution is 2.11. The van der Waals surface area contributed by atoms with Crippen molar-refractivity contribution in [3.8, 4) is 0 Å². The fourth-order valence-corrected chi connectivity index (χ4v) is 1.40. The highest BCUT2D eigenvalue weighted by atomic mass is 16.7. The molecule has 2 fully saturated rings. The first-order valence-corrected chi connectivity index (χ1v) is 5.40. The van der Waals surface area contributed by atoms with E-state index in [-0.39, 0.29) is 12.4 Å². The minimum absolute atomic E-state index is 0.0340. The molecule has 0 bridgehead atoms. The van der Waals surface area contributed by atoms with Crippen LogP contribution in [0.1, 0.15) is 6.92 Å². The molecule has 2 saturated heterocycles. The van der Waals surface area contributed by atoms with E-state index in [1.165, 1.54) is 0 Å². The first kappa shape index (κ1) is 11.3. The SMILES string of the molecule is CC(OCCOCC1CO1)C1OCCO1. The molecule has 0 aromatic carbocycles. The van der Waals surface area contributed by atoms with Gasteiger partial charge in [-0.2, -0.15) is 0 Å². The van der Waals surface area contributed by atoms with Crippen LogP contribution in [0.2, 0.25) is 0 Å². The van der Waals surface area contributed by atoms with Gasteiger partial charge >= 0.3 is 0 Å². The van der Waals surface area contributed by atoms with E-state index in [1.807, 2.05) is 6.92 Å². The second kappa shape index (κ2) is 5.77. The molecule has 5 heteroatoms. The van der Waals surface area contributed by atoms with Crippen molar-refractivity contribution < 1.29 is 23.7 Å². The first-order chi connectivity index (χ1) is 7.36. The molecule has 0 saturated carbocycles. The second-order valence-electron chi connectivity index (χ2n) is 3.72. The van der Waals surface area contributed by atoms with E-state index in [2.05, 4.69) is 0 Å². The third-order valence-electron chi connectivity index (χ3n) is 2.35. The van der Waals surface area contributed by atoms with Gasteiger partial charge in [-0.05, 0) is 6.92 Å². The number of rotatable bonds is 7. The predicted octanol–water partition coefficient (Wildman–Crippen LogP) is 0.180. The molecule has 0 aromatic rings. The zero-order valence-corrected chi connectivity index (χ0v) is 9.02. The molecular formula is C10H18O5. The molecule has 0 amide bonds. The van der Waals surface area contributed by atoms with Crippen molar-refractivity contribution in [1.82, 2.24) is 0 Å². The summed E-state index contributed by atoms with van der Waals surface area (Å²) < 4.78 is 26.5. The fraction of sp³-hybridized carbons (Fsp3) is 1.00. The van der Waals surface area contributed by atoms with E-state index in [0.717, 1.165) is 6.61 Å². The molecule has 0 radical (unpaired) electrons. The van der Waals surface area contributed by atoms with Crippen LogP contribution < -0.4 is 0 Å². The summed E-state index contributed by atoms with van der Waals surface area (Å²) >= 11 is 0. The Labute approximate surface area is 89.6 Å². The van der Waals surface area contributed by atoms with Gasteiger partial charge in [0.2, 0.25) is 0 Å². The summed E-state index contributed by atoms with van der Waals surface area (Å²) in [5.41, 5.74) is 0. The predicted molar refractivity (Wildman–Crippen MR) is 51.7 cm³/mol. The van der Waals surface area contributed by atoms with E-state index in [4.69, 9.17) is 23.7 Å². The average Bonchev–Trinajstić information content (AvgIpc) is 2.90. The summed E-state index contributed by atoms with van der Waals surface area (Å²) in [5.74, 6) is 0. The maximum Gasteiger partial charge on any atom is 0.183 e. The molecule has 2 atom stereocenters. The summed E-state index contributed by atoms with van der Waals surface area (Å²) in [6.07, 6.45) is 0.0777. The van der Waals surface area contributed by atoms with Gasteiger partial charge in [-0.1, -0.05) is 0 Å². The second-order valence-corrected chi connectivity index (χ2v) is 3.72. The van der Waals surface area contributed by atoms with E-state index in [9.17, 15) is 0 Å². The molecule has 0 aromatic heterocycles. The van der Waals surface area contributed by atoms with Crippen molar-refractivity contribution in [1.29, 1.82) is 0 Å². The van der Waals surface area contributed by atoms with E-state index in [0.29, 0.717) is 39.1 Å². The van der Waals surface area contributed by atoms with Crippen LogP contribution in [-0.2, 0) is 23.7 Å². The lowest BCUT2D eigenvalue weighted by Gasteiger charge is -2.18. The quantitative estimate of drug-likeness (QED) is 0.450. The smallest absolute Gasteiger partial charge is 0.183 e. The van der Waals surface area contributed by atoms with Crippen molar-refractivity contribution in [3.63, 3.8) is 0 Å². The topological polar surface area (TPSA) is 49.5 Å². The van der Waals surface area contributed by atoms with Gasteiger partial charge in [0.25, 0.3) is 0 Å². The third kappa shape index (κ3) is 4.04. The highest BCUT2D eigenvalue weighted by molar-refractivity contribution is 4.67. The molecule has 2 heterocycles. The maximum atomic E-state index is 5.51. The Kier molecular flexibility index (Phi) is 4.34. The molecule has 88 valence electrons. The Morgan fingerprint density at radius 2 is 1.93 bits per heavy atom. The first-order valence-electron chi connectivity index (χ1n) is 5.40. The van der Waals surface area contributed by atoms with Gasteiger partial charge in [-0.15, -0.1) is 0 Å². The maximum absolute atomic E-state index is 5.51. The minimum Gasteiger partial charge on any atom is -0.376 e. The van der Waals surface area contributed by atoms with Crippen LogP contribution in [0.25, 0.3) is 0 Å². The number of ether oxygens (including phenoxy) is 5. The lowest BCUT2D eigenvalue weighted by molar-refractivity contribution is -0.141. The Balaban J connectivity index is 1.45. The van der Waals surface area contributed by atoms with Gasteiger partial charge in [0, 0.05) is 0 Å². The van der Waals surface area contributed by atoms with Gasteiger partial charge in [0.05, 0.1) is 39.6 Å². The van der Waals surface area contributed by atoms with Crippen molar-refractivity contribution in [2.75, 3.05) is 39.6 Å². The zero-order valence-electron chi connectivity index (χ0n) is 9.02. The Morgan fingerprint density at radius 1 is 1.20 bits per heavy atom. The molecule has 2 unspecified atom stereocenters. The molecule has 0 spiro atoms. The monoisotopic (exact) mass is 218 g/mol.